The van der Waals surface area contributed by atoms with E-state index in [1.54, 1.807) is 0 Å². The van der Waals surface area contributed by atoms with Gasteiger partial charge in [0.05, 0.1) is 6.04 Å². The molecule has 1 aliphatic rings. The number of nitrogens with one attached hydrogen (secondary N) is 1. The van der Waals surface area contributed by atoms with Crippen molar-refractivity contribution in [2.75, 3.05) is 0 Å². The van der Waals surface area contributed by atoms with Crippen LogP contribution in [0.3, 0.4) is 0 Å². The number of halogens is 1. The van der Waals surface area contributed by atoms with E-state index in [0.29, 0.717) is 6.04 Å². The van der Waals surface area contributed by atoms with Crippen LogP contribution in [0.25, 0.3) is 0 Å². The van der Waals surface area contributed by atoms with Crippen LogP contribution in [0.1, 0.15) is 52.4 Å². The molecule has 3 N–H and O–H groups in total. The van der Waals surface area contributed by atoms with E-state index < -0.39 is 0 Å². The Morgan fingerprint density at radius 3 is 2.69 bits per heavy atom. The Morgan fingerprint density at radius 1 is 1.44 bits per heavy atom. The minimum atomic E-state index is -0.327. The van der Waals surface area contributed by atoms with Gasteiger partial charge in [-0.3, -0.25) is 4.79 Å². The van der Waals surface area contributed by atoms with Gasteiger partial charge < -0.3 is 11.1 Å². The highest BCUT2D eigenvalue weighted by atomic mass is 35.5. The van der Waals surface area contributed by atoms with Gasteiger partial charge in [0.15, 0.2) is 0 Å². The summed E-state index contributed by atoms with van der Waals surface area (Å²) >= 11 is 0. The Kier molecular flexibility index (Phi) is 7.77. The molecule has 1 saturated carbocycles. The minimum Gasteiger partial charge on any atom is -0.352 e. The molecule has 16 heavy (non-hydrogen) atoms. The molecule has 4 heteroatoms. The van der Waals surface area contributed by atoms with Crippen molar-refractivity contribution in [3.63, 3.8) is 0 Å². The molecule has 0 saturated heterocycles. The van der Waals surface area contributed by atoms with Gasteiger partial charge in [-0.1, -0.05) is 33.1 Å². The summed E-state index contributed by atoms with van der Waals surface area (Å²) in [5.41, 5.74) is 5.69. The molecule has 1 fully saturated rings. The maximum absolute atomic E-state index is 11.6. The number of carbonyl (C=O) groups excluding carboxylic acids is 1. The molecule has 1 aliphatic carbocycles. The van der Waals surface area contributed by atoms with Crippen molar-refractivity contribution in [1.82, 2.24) is 5.32 Å². The van der Waals surface area contributed by atoms with Crippen LogP contribution in [-0.2, 0) is 4.79 Å². The zero-order chi connectivity index (χ0) is 11.3. The van der Waals surface area contributed by atoms with Gasteiger partial charge in [0, 0.05) is 6.04 Å². The predicted octanol–water partition coefficient (Wildman–Crippen LogP) is 2.23. The Bertz CT molecular complexity index is 211. The molecule has 0 aromatic rings. The van der Waals surface area contributed by atoms with Crippen LogP contribution in [0, 0.1) is 5.92 Å². The summed E-state index contributed by atoms with van der Waals surface area (Å²) in [4.78, 5) is 11.6. The summed E-state index contributed by atoms with van der Waals surface area (Å²) in [5.74, 6) is 0.821. The maximum Gasteiger partial charge on any atom is 0.237 e. The molecule has 0 heterocycles. The van der Waals surface area contributed by atoms with Gasteiger partial charge in [-0.2, -0.15) is 0 Å². The SMILES string of the molecule is CCC1CCCC(NC(=O)[C@@H](N)CC)C1.Cl. The third kappa shape index (κ3) is 4.71. The first kappa shape index (κ1) is 15.7. The van der Waals surface area contributed by atoms with E-state index in [1.165, 1.54) is 19.3 Å². The first-order valence-electron chi connectivity index (χ1n) is 6.23. The van der Waals surface area contributed by atoms with Gasteiger partial charge in [0.2, 0.25) is 5.91 Å². The molecule has 3 atom stereocenters. The van der Waals surface area contributed by atoms with Gasteiger partial charge >= 0.3 is 0 Å². The number of hydrogen-bond donors (Lipinski definition) is 2. The smallest absolute Gasteiger partial charge is 0.237 e. The molecule has 1 rings (SSSR count). The van der Waals surface area contributed by atoms with Crippen LogP contribution in [0.4, 0.5) is 0 Å². The molecule has 0 aromatic heterocycles. The van der Waals surface area contributed by atoms with Crippen LogP contribution < -0.4 is 11.1 Å². The average Bonchev–Trinajstić information content (AvgIpc) is 2.28. The van der Waals surface area contributed by atoms with Crippen molar-refractivity contribution in [3.8, 4) is 0 Å². The van der Waals surface area contributed by atoms with E-state index in [4.69, 9.17) is 5.73 Å². The molecular weight excluding hydrogens is 224 g/mol. The van der Waals surface area contributed by atoms with E-state index in [1.807, 2.05) is 6.92 Å². The largest absolute Gasteiger partial charge is 0.352 e. The second-order valence-corrected chi connectivity index (χ2v) is 4.66. The van der Waals surface area contributed by atoms with E-state index in [2.05, 4.69) is 12.2 Å². The van der Waals surface area contributed by atoms with Gasteiger partial charge in [-0.25, -0.2) is 0 Å². The van der Waals surface area contributed by atoms with E-state index in [-0.39, 0.29) is 24.4 Å². The molecule has 0 bridgehead atoms. The standard InChI is InChI=1S/C12H24N2O.ClH/c1-3-9-6-5-7-10(8-9)14-12(15)11(13)4-2;/h9-11H,3-8,13H2,1-2H3,(H,14,15);1H/t9?,10?,11-;/m0./s1. The van der Waals surface area contributed by atoms with Crippen LogP contribution in [-0.4, -0.2) is 18.0 Å². The van der Waals surface area contributed by atoms with Crippen molar-refractivity contribution < 1.29 is 4.79 Å². The summed E-state index contributed by atoms with van der Waals surface area (Å²) in [6.45, 7) is 4.17. The Balaban J connectivity index is 0.00000225. The van der Waals surface area contributed by atoms with Gasteiger partial charge in [0.1, 0.15) is 0 Å². The number of rotatable bonds is 4. The van der Waals surface area contributed by atoms with Crippen LogP contribution in [0.2, 0.25) is 0 Å². The zero-order valence-corrected chi connectivity index (χ0v) is 11.2. The lowest BCUT2D eigenvalue weighted by Gasteiger charge is -2.29. The fourth-order valence-electron chi connectivity index (χ4n) is 2.29. The predicted molar refractivity (Wildman–Crippen MR) is 69.7 cm³/mol. The lowest BCUT2D eigenvalue weighted by molar-refractivity contribution is -0.123. The second kappa shape index (κ2) is 7.91. The highest BCUT2D eigenvalue weighted by Crippen LogP contribution is 2.26. The summed E-state index contributed by atoms with van der Waals surface area (Å²) in [6.07, 6.45) is 6.77. The third-order valence-corrected chi connectivity index (χ3v) is 3.48. The molecule has 0 aromatic carbocycles. The molecule has 0 spiro atoms. The number of amides is 1. The number of carbonyl (C=O) groups is 1. The quantitative estimate of drug-likeness (QED) is 0.802. The first-order valence-corrected chi connectivity index (χ1v) is 6.23. The number of nitrogens with two attached hydrogens (primary N) is 1. The van der Waals surface area contributed by atoms with Crippen molar-refractivity contribution in [1.29, 1.82) is 0 Å². The van der Waals surface area contributed by atoms with Crippen LogP contribution in [0.5, 0.6) is 0 Å². The topological polar surface area (TPSA) is 55.1 Å². The lowest BCUT2D eigenvalue weighted by Crippen LogP contribution is -2.46. The fraction of sp³-hybridized carbons (Fsp3) is 0.917. The summed E-state index contributed by atoms with van der Waals surface area (Å²) < 4.78 is 0. The molecule has 0 aliphatic heterocycles. The van der Waals surface area contributed by atoms with Gasteiger partial charge in [0.25, 0.3) is 0 Å². The first-order chi connectivity index (χ1) is 7.17. The highest BCUT2D eigenvalue weighted by molar-refractivity contribution is 5.85. The van der Waals surface area contributed by atoms with Crippen LogP contribution >= 0.6 is 12.4 Å². The number of hydrogen-bond acceptors (Lipinski definition) is 2. The summed E-state index contributed by atoms with van der Waals surface area (Å²) in [5, 5.41) is 3.07. The third-order valence-electron chi connectivity index (χ3n) is 3.48. The zero-order valence-electron chi connectivity index (χ0n) is 10.4. The summed E-state index contributed by atoms with van der Waals surface area (Å²) in [7, 11) is 0. The highest BCUT2D eigenvalue weighted by Gasteiger charge is 2.23. The van der Waals surface area contributed by atoms with Crippen molar-refractivity contribution in [2.24, 2.45) is 11.7 Å². The maximum atomic E-state index is 11.6. The summed E-state index contributed by atoms with van der Waals surface area (Å²) in [6, 6.07) is 0.0424. The minimum absolute atomic E-state index is 0. The van der Waals surface area contributed by atoms with E-state index in [9.17, 15) is 4.79 Å². The average molecular weight is 249 g/mol. The Labute approximate surface area is 105 Å². The monoisotopic (exact) mass is 248 g/mol. The van der Waals surface area contributed by atoms with Gasteiger partial charge in [-0.05, 0) is 25.2 Å². The molecule has 0 radical (unpaired) electrons. The Hall–Kier alpha value is -0.280. The fourth-order valence-corrected chi connectivity index (χ4v) is 2.29. The van der Waals surface area contributed by atoms with Crippen LogP contribution in [0.15, 0.2) is 0 Å². The molecule has 2 unspecified atom stereocenters. The molecular formula is C12H25ClN2O. The normalized spacial score (nSPS) is 26.7. The molecule has 1 amide bonds. The van der Waals surface area contributed by atoms with Crippen molar-refractivity contribution >= 4 is 18.3 Å². The lowest BCUT2D eigenvalue weighted by atomic mass is 9.84. The van der Waals surface area contributed by atoms with E-state index >= 15 is 0 Å². The van der Waals surface area contributed by atoms with Gasteiger partial charge in [-0.15, -0.1) is 12.4 Å². The van der Waals surface area contributed by atoms with Crippen molar-refractivity contribution in [2.45, 2.75) is 64.5 Å². The molecule has 3 nitrogen and oxygen atoms in total. The second-order valence-electron chi connectivity index (χ2n) is 4.66. The van der Waals surface area contributed by atoms with E-state index in [0.717, 1.165) is 25.2 Å². The molecule has 96 valence electrons. The van der Waals surface area contributed by atoms with Crippen molar-refractivity contribution in [3.05, 3.63) is 0 Å². The Morgan fingerprint density at radius 2 is 2.12 bits per heavy atom.